The first-order chi connectivity index (χ1) is 9.43. The van der Waals surface area contributed by atoms with Crippen LogP contribution in [-0.4, -0.2) is 12.6 Å². The van der Waals surface area contributed by atoms with Crippen LogP contribution in [0.15, 0.2) is 4.99 Å². The molecule has 2 heteroatoms. The van der Waals surface area contributed by atoms with Crippen molar-refractivity contribution in [2.75, 3.05) is 6.54 Å². The molecule has 19 heavy (non-hydrogen) atoms. The maximum absolute atomic E-state index is 10.3. The minimum Gasteiger partial charge on any atom is -0.211 e. The number of isocyanates is 1. The summed E-state index contributed by atoms with van der Waals surface area (Å²) in [7, 11) is 0. The molecule has 0 atom stereocenters. The smallest absolute Gasteiger partial charge is 0.211 e. The molecule has 0 aromatic heterocycles. The van der Waals surface area contributed by atoms with Gasteiger partial charge in [-0.2, -0.15) is 0 Å². The third-order valence-corrected chi connectivity index (χ3v) is 4.39. The summed E-state index contributed by atoms with van der Waals surface area (Å²) >= 11 is 0. The lowest BCUT2D eigenvalue weighted by Crippen LogP contribution is -2.05. The highest BCUT2D eigenvalue weighted by atomic mass is 16.1. The summed E-state index contributed by atoms with van der Waals surface area (Å²) in [4.78, 5) is 14.1. The van der Waals surface area contributed by atoms with Crippen LogP contribution in [0.2, 0.25) is 0 Å². The van der Waals surface area contributed by atoms with E-state index in [0.717, 1.165) is 0 Å². The maximum Gasteiger partial charge on any atom is 0.234 e. The average molecular weight is 265 g/mol. The van der Waals surface area contributed by atoms with Crippen LogP contribution in [0.3, 0.4) is 0 Å². The highest BCUT2D eigenvalue weighted by Crippen LogP contribution is 2.20. The van der Waals surface area contributed by atoms with Crippen LogP contribution in [-0.2, 0) is 4.79 Å². The van der Waals surface area contributed by atoms with E-state index in [-0.39, 0.29) is 0 Å². The highest BCUT2D eigenvalue weighted by molar-refractivity contribution is 5.32. The van der Waals surface area contributed by atoms with Gasteiger partial charge in [0, 0.05) is 0 Å². The molecule has 0 spiro atoms. The Hall–Kier alpha value is -0.620. The quantitative estimate of drug-likeness (QED) is 0.484. The van der Waals surface area contributed by atoms with Crippen molar-refractivity contribution < 1.29 is 4.79 Å². The fourth-order valence-corrected chi connectivity index (χ4v) is 3.13. The molecule has 1 saturated carbocycles. The lowest BCUT2D eigenvalue weighted by molar-refractivity contribution is 0.412. The number of hydrogen-bond acceptors (Lipinski definition) is 2. The van der Waals surface area contributed by atoms with E-state index >= 15 is 0 Å². The summed E-state index contributed by atoms with van der Waals surface area (Å²) in [6, 6.07) is 0. The van der Waals surface area contributed by atoms with Crippen LogP contribution in [0.1, 0.15) is 89.9 Å². The molecule has 1 rings (SSSR count). The molecule has 0 unspecified atom stereocenters. The van der Waals surface area contributed by atoms with Crippen LogP contribution < -0.4 is 0 Å². The Labute approximate surface area is 119 Å². The first-order valence-corrected chi connectivity index (χ1v) is 8.47. The molecule has 0 aromatic rings. The van der Waals surface area contributed by atoms with Gasteiger partial charge < -0.3 is 0 Å². The van der Waals surface area contributed by atoms with Crippen molar-refractivity contribution in [3.05, 3.63) is 0 Å². The first-order valence-electron chi connectivity index (χ1n) is 8.47. The third-order valence-electron chi connectivity index (χ3n) is 4.39. The third kappa shape index (κ3) is 9.90. The monoisotopic (exact) mass is 265 g/mol. The van der Waals surface area contributed by atoms with E-state index in [2.05, 4.69) is 4.99 Å². The summed E-state index contributed by atoms with van der Waals surface area (Å²) in [5.74, 6) is 0.631. The predicted octanol–water partition coefficient (Wildman–Crippen LogP) is 5.41. The Kier molecular flexibility index (Phi) is 10.7. The Balaban J connectivity index is 2.27. The van der Waals surface area contributed by atoms with Gasteiger partial charge in [0.25, 0.3) is 0 Å². The second kappa shape index (κ2) is 12.4. The van der Waals surface area contributed by atoms with E-state index in [1.807, 2.05) is 0 Å². The van der Waals surface area contributed by atoms with Gasteiger partial charge in [-0.05, 0) is 18.8 Å². The fraction of sp³-hybridized carbons (Fsp3) is 0.941. The van der Waals surface area contributed by atoms with Crippen LogP contribution in [0, 0.1) is 5.92 Å². The Morgan fingerprint density at radius 2 is 1.05 bits per heavy atom. The summed E-state index contributed by atoms with van der Waals surface area (Å²) in [5.41, 5.74) is 0. The van der Waals surface area contributed by atoms with E-state index in [1.165, 1.54) is 89.9 Å². The van der Waals surface area contributed by atoms with Crippen LogP contribution >= 0.6 is 0 Å². The molecule has 1 fully saturated rings. The van der Waals surface area contributed by atoms with Crippen LogP contribution in [0.4, 0.5) is 0 Å². The van der Waals surface area contributed by atoms with Gasteiger partial charge in [-0.1, -0.05) is 77.0 Å². The van der Waals surface area contributed by atoms with Gasteiger partial charge in [0.15, 0.2) is 0 Å². The summed E-state index contributed by atoms with van der Waals surface area (Å²) in [6.45, 7) is 0.712. The predicted molar refractivity (Wildman–Crippen MR) is 81.1 cm³/mol. The van der Waals surface area contributed by atoms with Crippen molar-refractivity contribution in [1.29, 1.82) is 0 Å². The van der Waals surface area contributed by atoms with Gasteiger partial charge in [0.2, 0.25) is 6.08 Å². The number of aliphatic imine (C=N–C) groups is 1. The molecule has 0 heterocycles. The first kappa shape index (κ1) is 16.4. The van der Waals surface area contributed by atoms with E-state index < -0.39 is 0 Å². The molecule has 1 aliphatic rings. The molecule has 1 aliphatic carbocycles. The molecule has 0 saturated heterocycles. The van der Waals surface area contributed by atoms with Gasteiger partial charge in [-0.15, -0.1) is 0 Å². The summed E-state index contributed by atoms with van der Waals surface area (Å²) in [5, 5.41) is 0. The van der Waals surface area contributed by atoms with Gasteiger partial charge >= 0.3 is 0 Å². The number of hydrogen-bond donors (Lipinski definition) is 0. The highest BCUT2D eigenvalue weighted by Gasteiger charge is 2.08. The molecule has 0 N–H and O–H groups in total. The van der Waals surface area contributed by atoms with Gasteiger partial charge in [-0.25, -0.2) is 9.79 Å². The lowest BCUT2D eigenvalue weighted by Gasteiger charge is -2.13. The molecule has 0 radical (unpaired) electrons. The van der Waals surface area contributed by atoms with Gasteiger partial charge in [0.05, 0.1) is 6.54 Å². The number of nitrogens with zero attached hydrogens (tertiary/aromatic N) is 1. The zero-order valence-corrected chi connectivity index (χ0v) is 12.5. The van der Waals surface area contributed by atoms with E-state index in [9.17, 15) is 4.79 Å². The molecule has 110 valence electrons. The SMILES string of the molecule is O=C=NCC1CCCCCCCCCCCCCC1. The Morgan fingerprint density at radius 1 is 0.684 bits per heavy atom. The molecule has 0 aromatic carbocycles. The Bertz CT molecular complexity index is 230. The van der Waals surface area contributed by atoms with E-state index in [0.29, 0.717) is 12.5 Å². The number of rotatable bonds is 2. The summed E-state index contributed by atoms with van der Waals surface area (Å²) < 4.78 is 0. The normalized spacial score (nSPS) is 21.9. The zero-order valence-electron chi connectivity index (χ0n) is 12.5. The molecule has 0 amide bonds. The standard InChI is InChI=1S/C17H31NO/c19-16-18-15-17-13-11-9-7-5-3-1-2-4-6-8-10-12-14-17/h17H,1-15H2. The minimum atomic E-state index is 0.631. The topological polar surface area (TPSA) is 29.4 Å². The Morgan fingerprint density at radius 3 is 1.42 bits per heavy atom. The second-order valence-corrected chi connectivity index (χ2v) is 6.12. The van der Waals surface area contributed by atoms with Crippen molar-refractivity contribution in [2.24, 2.45) is 10.9 Å². The molecule has 2 nitrogen and oxygen atoms in total. The van der Waals surface area contributed by atoms with E-state index in [4.69, 9.17) is 0 Å². The van der Waals surface area contributed by atoms with E-state index in [1.54, 1.807) is 6.08 Å². The molecular formula is C17H31NO. The fourth-order valence-electron chi connectivity index (χ4n) is 3.13. The van der Waals surface area contributed by atoms with Crippen molar-refractivity contribution in [1.82, 2.24) is 0 Å². The second-order valence-electron chi connectivity index (χ2n) is 6.12. The molecular weight excluding hydrogens is 234 g/mol. The van der Waals surface area contributed by atoms with Crippen molar-refractivity contribution in [2.45, 2.75) is 89.9 Å². The van der Waals surface area contributed by atoms with Gasteiger partial charge in [-0.3, -0.25) is 0 Å². The average Bonchev–Trinajstić information content (AvgIpc) is 2.44. The van der Waals surface area contributed by atoms with Crippen molar-refractivity contribution in [3.8, 4) is 0 Å². The van der Waals surface area contributed by atoms with Crippen LogP contribution in [0.5, 0.6) is 0 Å². The number of carbonyl (C=O) groups excluding carboxylic acids is 1. The van der Waals surface area contributed by atoms with Crippen LogP contribution in [0.25, 0.3) is 0 Å². The van der Waals surface area contributed by atoms with Crippen molar-refractivity contribution >= 4 is 6.08 Å². The molecule has 0 aliphatic heterocycles. The van der Waals surface area contributed by atoms with Crippen molar-refractivity contribution in [3.63, 3.8) is 0 Å². The van der Waals surface area contributed by atoms with Gasteiger partial charge in [0.1, 0.15) is 0 Å². The lowest BCUT2D eigenvalue weighted by atomic mass is 9.94. The zero-order chi connectivity index (χ0) is 13.6. The summed E-state index contributed by atoms with van der Waals surface area (Å²) in [6.07, 6.45) is 20.9. The molecule has 0 bridgehead atoms. The maximum atomic E-state index is 10.3. The minimum absolute atomic E-state index is 0.631. The largest absolute Gasteiger partial charge is 0.234 e.